The quantitative estimate of drug-likeness (QED) is 0.595. The summed E-state index contributed by atoms with van der Waals surface area (Å²) in [6.07, 6.45) is 5.87. The SMILES string of the molecule is C#CCSCCNCc1nc(Cc2ccccc2)no1. The van der Waals surface area contributed by atoms with E-state index in [9.17, 15) is 0 Å². The van der Waals surface area contributed by atoms with Crippen molar-refractivity contribution in [3.63, 3.8) is 0 Å². The van der Waals surface area contributed by atoms with Gasteiger partial charge in [-0.25, -0.2) is 0 Å². The third-order valence-corrected chi connectivity index (χ3v) is 3.46. The Kier molecular flexibility index (Phi) is 6.15. The normalized spacial score (nSPS) is 10.3. The van der Waals surface area contributed by atoms with Gasteiger partial charge in [0.1, 0.15) is 0 Å². The van der Waals surface area contributed by atoms with Crippen molar-refractivity contribution in [1.29, 1.82) is 0 Å². The van der Waals surface area contributed by atoms with Crippen molar-refractivity contribution in [3.05, 3.63) is 47.6 Å². The third kappa shape index (κ3) is 5.08. The number of aromatic nitrogens is 2. The van der Waals surface area contributed by atoms with E-state index in [1.54, 1.807) is 11.8 Å². The van der Waals surface area contributed by atoms with E-state index < -0.39 is 0 Å². The van der Waals surface area contributed by atoms with Gasteiger partial charge < -0.3 is 9.84 Å². The molecule has 2 rings (SSSR count). The lowest BCUT2D eigenvalue weighted by Crippen LogP contribution is -2.16. The van der Waals surface area contributed by atoms with Crippen LogP contribution in [0, 0.1) is 12.3 Å². The molecule has 0 bridgehead atoms. The summed E-state index contributed by atoms with van der Waals surface area (Å²) in [6.45, 7) is 1.47. The molecule has 0 atom stereocenters. The zero-order valence-corrected chi connectivity index (χ0v) is 12.0. The molecule has 2 aromatic rings. The van der Waals surface area contributed by atoms with E-state index in [4.69, 9.17) is 10.9 Å². The van der Waals surface area contributed by atoms with Crippen LogP contribution in [-0.2, 0) is 13.0 Å². The van der Waals surface area contributed by atoms with Gasteiger partial charge in [-0.15, -0.1) is 18.2 Å². The number of hydrogen-bond donors (Lipinski definition) is 1. The molecule has 1 N–H and O–H groups in total. The average molecular weight is 287 g/mol. The van der Waals surface area contributed by atoms with Gasteiger partial charge in [-0.05, 0) is 5.56 Å². The van der Waals surface area contributed by atoms with Gasteiger partial charge in [0, 0.05) is 18.7 Å². The molecule has 0 spiro atoms. The molecule has 0 saturated carbocycles. The van der Waals surface area contributed by atoms with Crippen LogP contribution in [0.15, 0.2) is 34.9 Å². The van der Waals surface area contributed by atoms with Gasteiger partial charge in [0.2, 0.25) is 5.89 Å². The first-order valence-electron chi connectivity index (χ1n) is 6.46. The van der Waals surface area contributed by atoms with Gasteiger partial charge in [0.25, 0.3) is 0 Å². The minimum absolute atomic E-state index is 0.596. The second-order valence-electron chi connectivity index (χ2n) is 4.20. The smallest absolute Gasteiger partial charge is 0.240 e. The summed E-state index contributed by atoms with van der Waals surface area (Å²) in [4.78, 5) is 4.36. The highest BCUT2D eigenvalue weighted by Gasteiger charge is 2.06. The second-order valence-corrected chi connectivity index (χ2v) is 5.31. The predicted octanol–water partition coefficient (Wildman–Crippen LogP) is 2.12. The molecule has 0 aliphatic rings. The highest BCUT2D eigenvalue weighted by Crippen LogP contribution is 2.06. The van der Waals surface area contributed by atoms with Crippen LogP contribution in [0.1, 0.15) is 17.3 Å². The van der Waals surface area contributed by atoms with Crippen LogP contribution >= 0.6 is 11.8 Å². The first-order chi connectivity index (χ1) is 9.88. The van der Waals surface area contributed by atoms with Crippen LogP contribution in [-0.4, -0.2) is 28.2 Å². The number of nitrogens with one attached hydrogen (secondary N) is 1. The summed E-state index contributed by atoms with van der Waals surface area (Å²) < 4.78 is 5.20. The van der Waals surface area contributed by atoms with Crippen molar-refractivity contribution in [3.8, 4) is 12.3 Å². The number of benzene rings is 1. The molecule has 5 heteroatoms. The van der Waals surface area contributed by atoms with E-state index in [2.05, 4.69) is 33.5 Å². The average Bonchev–Trinajstić information content (AvgIpc) is 2.91. The van der Waals surface area contributed by atoms with Crippen LogP contribution < -0.4 is 5.32 Å². The van der Waals surface area contributed by atoms with Crippen molar-refractivity contribution in [2.45, 2.75) is 13.0 Å². The Morgan fingerprint density at radius 1 is 1.30 bits per heavy atom. The lowest BCUT2D eigenvalue weighted by molar-refractivity contribution is 0.365. The molecule has 0 aliphatic carbocycles. The minimum atomic E-state index is 0.596. The van der Waals surface area contributed by atoms with Crippen molar-refractivity contribution < 1.29 is 4.52 Å². The Morgan fingerprint density at radius 2 is 2.15 bits per heavy atom. The molecule has 0 fully saturated rings. The molecule has 0 unspecified atom stereocenters. The summed E-state index contributed by atoms with van der Waals surface area (Å²) in [6, 6.07) is 10.1. The van der Waals surface area contributed by atoms with E-state index >= 15 is 0 Å². The number of hydrogen-bond acceptors (Lipinski definition) is 5. The lowest BCUT2D eigenvalue weighted by atomic mass is 10.1. The van der Waals surface area contributed by atoms with Gasteiger partial charge in [0.15, 0.2) is 5.82 Å². The largest absolute Gasteiger partial charge is 0.338 e. The van der Waals surface area contributed by atoms with Gasteiger partial charge in [-0.2, -0.15) is 4.98 Å². The summed E-state index contributed by atoms with van der Waals surface area (Å²) in [7, 11) is 0. The zero-order chi connectivity index (χ0) is 14.0. The lowest BCUT2D eigenvalue weighted by Gasteiger charge is -1.99. The Balaban J connectivity index is 1.71. The van der Waals surface area contributed by atoms with Crippen molar-refractivity contribution in [1.82, 2.24) is 15.5 Å². The van der Waals surface area contributed by atoms with E-state index in [1.807, 2.05) is 18.2 Å². The fourth-order valence-corrected chi connectivity index (χ4v) is 2.23. The summed E-state index contributed by atoms with van der Waals surface area (Å²) in [5.41, 5.74) is 1.18. The highest BCUT2D eigenvalue weighted by atomic mass is 32.2. The van der Waals surface area contributed by atoms with Crippen LogP contribution in [0.2, 0.25) is 0 Å². The standard InChI is InChI=1S/C15H17N3OS/c1-2-9-20-10-8-16-12-15-17-14(18-19-15)11-13-6-4-3-5-7-13/h1,3-7,16H,8-12H2. The van der Waals surface area contributed by atoms with Gasteiger partial charge in [0.05, 0.1) is 12.3 Å². The maximum absolute atomic E-state index is 5.20. The maximum Gasteiger partial charge on any atom is 0.240 e. The first-order valence-corrected chi connectivity index (χ1v) is 7.61. The molecule has 104 valence electrons. The molecule has 0 saturated heterocycles. The fraction of sp³-hybridized carbons (Fsp3) is 0.333. The Hall–Kier alpha value is -1.77. The number of thioether (sulfide) groups is 1. The van der Waals surface area contributed by atoms with E-state index in [1.165, 1.54) is 5.56 Å². The minimum Gasteiger partial charge on any atom is -0.338 e. The Bertz CT molecular complexity index is 548. The maximum atomic E-state index is 5.20. The van der Waals surface area contributed by atoms with Crippen LogP contribution in [0.5, 0.6) is 0 Å². The highest BCUT2D eigenvalue weighted by molar-refractivity contribution is 7.99. The van der Waals surface area contributed by atoms with Crippen LogP contribution in [0.25, 0.3) is 0 Å². The molecule has 20 heavy (non-hydrogen) atoms. The number of terminal acetylenes is 1. The molecule has 1 aromatic carbocycles. The summed E-state index contributed by atoms with van der Waals surface area (Å²) in [5.74, 6) is 5.67. The van der Waals surface area contributed by atoms with Gasteiger partial charge >= 0.3 is 0 Å². The molecule has 0 radical (unpaired) electrons. The number of rotatable bonds is 8. The Labute approximate surface area is 123 Å². The Morgan fingerprint density at radius 3 is 2.95 bits per heavy atom. The van der Waals surface area contributed by atoms with Gasteiger partial charge in [-0.3, -0.25) is 0 Å². The van der Waals surface area contributed by atoms with E-state index in [0.717, 1.165) is 23.9 Å². The molecule has 0 amide bonds. The van der Waals surface area contributed by atoms with Crippen molar-refractivity contribution in [2.24, 2.45) is 0 Å². The molecule has 1 heterocycles. The number of nitrogens with zero attached hydrogens (tertiary/aromatic N) is 2. The van der Waals surface area contributed by atoms with Crippen LogP contribution in [0.4, 0.5) is 0 Å². The second kappa shape index (κ2) is 8.41. The van der Waals surface area contributed by atoms with E-state index in [-0.39, 0.29) is 0 Å². The monoisotopic (exact) mass is 287 g/mol. The first kappa shape index (κ1) is 14.6. The molecular formula is C15H17N3OS. The molecule has 1 aromatic heterocycles. The zero-order valence-electron chi connectivity index (χ0n) is 11.2. The third-order valence-electron chi connectivity index (χ3n) is 2.60. The predicted molar refractivity (Wildman–Crippen MR) is 81.4 cm³/mol. The van der Waals surface area contributed by atoms with Crippen molar-refractivity contribution >= 4 is 11.8 Å². The fourth-order valence-electron chi connectivity index (χ4n) is 1.68. The molecular weight excluding hydrogens is 270 g/mol. The molecule has 0 aliphatic heterocycles. The van der Waals surface area contributed by atoms with Crippen molar-refractivity contribution in [2.75, 3.05) is 18.1 Å². The topological polar surface area (TPSA) is 51.0 Å². The summed E-state index contributed by atoms with van der Waals surface area (Å²) >= 11 is 1.73. The van der Waals surface area contributed by atoms with Crippen LogP contribution in [0.3, 0.4) is 0 Å². The van der Waals surface area contributed by atoms with Gasteiger partial charge in [-0.1, -0.05) is 41.4 Å². The summed E-state index contributed by atoms with van der Waals surface area (Å²) in [5, 5.41) is 7.23. The van der Waals surface area contributed by atoms with E-state index in [0.29, 0.717) is 18.9 Å². The molecule has 4 nitrogen and oxygen atoms in total.